The molecule has 0 saturated heterocycles. The maximum Gasteiger partial charge on any atom is 0.326 e. The lowest BCUT2D eigenvalue weighted by molar-refractivity contribution is -0.143. The van der Waals surface area contributed by atoms with Gasteiger partial charge in [0.05, 0.1) is 0 Å². The molecule has 15 heteroatoms. The predicted molar refractivity (Wildman–Crippen MR) is 151 cm³/mol. The van der Waals surface area contributed by atoms with E-state index in [4.69, 9.17) is 21.7 Å². The van der Waals surface area contributed by atoms with Gasteiger partial charge in [0.25, 0.3) is 5.91 Å². The van der Waals surface area contributed by atoms with Gasteiger partial charge in [-0.2, -0.15) is 9.97 Å². The second kappa shape index (κ2) is 14.1. The summed E-state index contributed by atoms with van der Waals surface area (Å²) in [5, 5.41) is 35.2. The number of nitrogens with zero attached hydrogens (tertiary/aromatic N) is 2. The molecule has 3 rings (SSSR count). The first-order chi connectivity index (χ1) is 19.8. The minimum Gasteiger partial charge on any atom is -0.481 e. The Morgan fingerprint density at radius 1 is 0.929 bits per heavy atom. The van der Waals surface area contributed by atoms with Gasteiger partial charge in [0, 0.05) is 36.4 Å². The Morgan fingerprint density at radius 3 is 2.17 bits per heavy atom. The second-order valence-electron chi connectivity index (χ2n) is 10.2. The monoisotopic (exact) mass is 585 g/mol. The quantitative estimate of drug-likeness (QED) is 0.146. The molecule has 0 spiro atoms. The smallest absolute Gasteiger partial charge is 0.326 e. The van der Waals surface area contributed by atoms with Crippen LogP contribution in [0.3, 0.4) is 0 Å². The maximum absolute atomic E-state index is 12.7. The first-order valence-corrected chi connectivity index (χ1v) is 13.4. The van der Waals surface area contributed by atoms with Crippen LogP contribution < -0.4 is 27.4 Å². The number of rotatable bonds is 15. The number of hydrogen-bond acceptors (Lipinski definition) is 10. The summed E-state index contributed by atoms with van der Waals surface area (Å²) in [5.74, 6) is -3.96. The normalized spacial score (nSPS) is 15.9. The van der Waals surface area contributed by atoms with Gasteiger partial charge in [0.1, 0.15) is 23.7 Å². The molecule has 0 radical (unpaired) electrons. The highest BCUT2D eigenvalue weighted by Crippen LogP contribution is 2.38. The molecule has 0 saturated carbocycles. The summed E-state index contributed by atoms with van der Waals surface area (Å²) in [6.45, 7) is 2.74. The number of carboxylic acid groups (broad SMARTS) is 3. The average Bonchev–Trinajstić information content (AvgIpc) is 3.34. The Hall–Kier alpha value is -4.95. The molecule has 0 fully saturated rings. The number of nitrogens with one attached hydrogen (secondary N) is 3. The zero-order chi connectivity index (χ0) is 31.0. The number of aromatic nitrogens is 2. The first-order valence-electron chi connectivity index (χ1n) is 13.4. The SMILES string of the molecule is CC(CCC1CNc2nc(N)nc(N)c21)c1ccc(C(=O)N[C@@H](CCC(=O)N[C@@H](CCC(=O)O)C(=O)O)C(=O)O)cc1. The summed E-state index contributed by atoms with van der Waals surface area (Å²) < 4.78 is 0. The lowest BCUT2D eigenvalue weighted by Gasteiger charge is -2.18. The fourth-order valence-corrected chi connectivity index (χ4v) is 4.76. The Kier molecular flexibility index (Phi) is 10.6. The van der Waals surface area contributed by atoms with Crippen molar-refractivity contribution in [2.75, 3.05) is 23.3 Å². The van der Waals surface area contributed by atoms with Gasteiger partial charge in [-0.3, -0.25) is 14.4 Å². The standard InChI is InChI=1S/C27H35N7O8/c1-13(2-3-16-12-30-23-21(16)22(28)33-27(29)34-23)14-4-6-15(7-5-14)24(38)32-18(26(41)42)8-10-19(35)31-17(25(39)40)9-11-20(36)37/h4-7,13,16-18H,2-3,8-12H2,1H3,(H,31,35)(H,32,38)(H,36,37)(H,39,40)(H,41,42)(H5,28,29,30,33,34)/t13?,16?,17-,18-/m0/s1. The number of carboxylic acids is 3. The number of carbonyl (C=O) groups excluding carboxylic acids is 2. The Bertz CT molecular complexity index is 1330. The summed E-state index contributed by atoms with van der Waals surface area (Å²) in [7, 11) is 0. The van der Waals surface area contributed by atoms with E-state index in [1.807, 2.05) is 0 Å². The third kappa shape index (κ3) is 8.52. The molecule has 1 aromatic carbocycles. The highest BCUT2D eigenvalue weighted by atomic mass is 16.4. The number of nitrogens with two attached hydrogens (primary N) is 2. The summed E-state index contributed by atoms with van der Waals surface area (Å²) in [6, 6.07) is 3.94. The van der Waals surface area contributed by atoms with Gasteiger partial charge in [-0.15, -0.1) is 0 Å². The third-order valence-corrected chi connectivity index (χ3v) is 7.15. The van der Waals surface area contributed by atoms with Crippen LogP contribution in [0.1, 0.15) is 78.8 Å². The van der Waals surface area contributed by atoms with Crippen molar-refractivity contribution in [3.63, 3.8) is 0 Å². The number of amides is 2. The fourth-order valence-electron chi connectivity index (χ4n) is 4.76. The summed E-state index contributed by atoms with van der Waals surface area (Å²) in [5.41, 5.74) is 13.8. The van der Waals surface area contributed by atoms with Crippen molar-refractivity contribution in [2.24, 2.45) is 0 Å². The fraction of sp³-hybridized carbons (Fsp3) is 0.444. The Balaban J connectivity index is 1.51. The summed E-state index contributed by atoms with van der Waals surface area (Å²) in [6.07, 6.45) is 0.167. The van der Waals surface area contributed by atoms with Gasteiger partial charge in [-0.1, -0.05) is 19.1 Å². The minimum absolute atomic E-state index is 0.121. The van der Waals surface area contributed by atoms with E-state index in [1.165, 1.54) is 0 Å². The van der Waals surface area contributed by atoms with Crippen molar-refractivity contribution < 1.29 is 39.3 Å². The van der Waals surface area contributed by atoms with Gasteiger partial charge in [0.15, 0.2) is 0 Å². The number of fused-ring (bicyclic) bond motifs is 1. The van der Waals surface area contributed by atoms with E-state index >= 15 is 0 Å². The zero-order valence-electron chi connectivity index (χ0n) is 23.0. The average molecular weight is 586 g/mol. The second-order valence-corrected chi connectivity index (χ2v) is 10.2. The van der Waals surface area contributed by atoms with Crippen molar-refractivity contribution in [1.29, 1.82) is 0 Å². The van der Waals surface area contributed by atoms with Gasteiger partial charge >= 0.3 is 17.9 Å². The van der Waals surface area contributed by atoms with Crippen LogP contribution in [0.4, 0.5) is 17.6 Å². The first kappa shape index (κ1) is 31.6. The number of aliphatic carboxylic acids is 3. The molecule has 2 aromatic rings. The van der Waals surface area contributed by atoms with Gasteiger partial charge in [-0.05, 0) is 49.3 Å². The van der Waals surface area contributed by atoms with Crippen LogP contribution in [-0.4, -0.2) is 73.6 Å². The van der Waals surface area contributed by atoms with Crippen LogP contribution in [0.2, 0.25) is 0 Å². The van der Waals surface area contributed by atoms with Crippen LogP contribution in [0.25, 0.3) is 0 Å². The Labute approximate surface area is 241 Å². The predicted octanol–water partition coefficient (Wildman–Crippen LogP) is 1.13. The van der Waals surface area contributed by atoms with E-state index in [1.54, 1.807) is 24.3 Å². The van der Waals surface area contributed by atoms with E-state index in [0.717, 1.165) is 24.0 Å². The molecular formula is C27H35N7O8. The van der Waals surface area contributed by atoms with Crippen molar-refractivity contribution in [1.82, 2.24) is 20.6 Å². The number of hydrogen-bond donors (Lipinski definition) is 8. The lowest BCUT2D eigenvalue weighted by atomic mass is 9.89. The van der Waals surface area contributed by atoms with Crippen LogP contribution in [-0.2, 0) is 19.2 Å². The molecule has 0 aliphatic carbocycles. The number of benzene rings is 1. The minimum atomic E-state index is -1.43. The van der Waals surface area contributed by atoms with Crippen LogP contribution in [0.5, 0.6) is 0 Å². The maximum atomic E-state index is 12.7. The highest BCUT2D eigenvalue weighted by Gasteiger charge is 2.28. The van der Waals surface area contributed by atoms with Crippen molar-refractivity contribution >= 4 is 47.3 Å². The molecule has 1 aliphatic rings. The topological polar surface area (TPSA) is 260 Å². The summed E-state index contributed by atoms with van der Waals surface area (Å²) in [4.78, 5) is 66.8. The van der Waals surface area contributed by atoms with E-state index in [0.29, 0.717) is 18.2 Å². The molecule has 2 amide bonds. The molecule has 2 heterocycles. The van der Waals surface area contributed by atoms with Gasteiger partial charge in [0.2, 0.25) is 11.9 Å². The molecule has 42 heavy (non-hydrogen) atoms. The highest BCUT2D eigenvalue weighted by molar-refractivity contribution is 5.96. The number of carbonyl (C=O) groups is 5. The van der Waals surface area contributed by atoms with E-state index in [2.05, 4.69) is 32.8 Å². The van der Waals surface area contributed by atoms with Crippen molar-refractivity contribution in [2.45, 2.75) is 69.4 Å². The van der Waals surface area contributed by atoms with E-state index in [9.17, 15) is 29.1 Å². The van der Waals surface area contributed by atoms with Crippen molar-refractivity contribution in [3.05, 3.63) is 41.0 Å². The zero-order valence-corrected chi connectivity index (χ0v) is 23.0. The van der Waals surface area contributed by atoms with Crippen LogP contribution >= 0.6 is 0 Å². The number of anilines is 3. The van der Waals surface area contributed by atoms with Gasteiger partial charge in [-0.25, -0.2) is 9.59 Å². The molecular weight excluding hydrogens is 550 g/mol. The van der Waals surface area contributed by atoms with Crippen LogP contribution in [0.15, 0.2) is 24.3 Å². The number of nitrogen functional groups attached to an aromatic ring is 2. The molecule has 10 N–H and O–H groups in total. The molecule has 2 unspecified atom stereocenters. The molecule has 1 aliphatic heterocycles. The Morgan fingerprint density at radius 2 is 1.55 bits per heavy atom. The van der Waals surface area contributed by atoms with Gasteiger partial charge < -0.3 is 42.7 Å². The molecule has 4 atom stereocenters. The van der Waals surface area contributed by atoms with Crippen molar-refractivity contribution in [3.8, 4) is 0 Å². The molecule has 0 bridgehead atoms. The summed E-state index contributed by atoms with van der Waals surface area (Å²) >= 11 is 0. The lowest BCUT2D eigenvalue weighted by Crippen LogP contribution is -2.44. The van der Waals surface area contributed by atoms with E-state index in [-0.39, 0.29) is 36.2 Å². The largest absolute Gasteiger partial charge is 0.481 e. The molecule has 1 aromatic heterocycles. The molecule has 15 nitrogen and oxygen atoms in total. The van der Waals surface area contributed by atoms with E-state index < -0.39 is 54.6 Å². The third-order valence-electron chi connectivity index (χ3n) is 7.15. The van der Waals surface area contributed by atoms with Crippen LogP contribution in [0, 0.1) is 0 Å². The molecule has 226 valence electrons.